The minimum Gasteiger partial charge on any atom is -0.125 e. The SMILES string of the molecule is CCCCC(Cl)CSc1ccc(C)cc1. The molecule has 0 spiro atoms. The molecule has 1 aromatic carbocycles. The van der Waals surface area contributed by atoms with E-state index < -0.39 is 0 Å². The van der Waals surface area contributed by atoms with Gasteiger partial charge in [-0.2, -0.15) is 0 Å². The van der Waals surface area contributed by atoms with Crippen LogP contribution >= 0.6 is 23.4 Å². The highest BCUT2D eigenvalue weighted by molar-refractivity contribution is 7.99. The van der Waals surface area contributed by atoms with Crippen LogP contribution in [0, 0.1) is 6.92 Å². The Labute approximate surface area is 102 Å². The highest BCUT2D eigenvalue weighted by Gasteiger charge is 2.04. The summed E-state index contributed by atoms with van der Waals surface area (Å²) in [6.45, 7) is 4.32. The molecule has 0 nitrogen and oxygen atoms in total. The van der Waals surface area contributed by atoms with Crippen molar-refractivity contribution < 1.29 is 0 Å². The molecule has 0 amide bonds. The second kappa shape index (κ2) is 7.19. The molecule has 0 N–H and O–H groups in total. The van der Waals surface area contributed by atoms with Crippen molar-refractivity contribution in [1.82, 2.24) is 0 Å². The van der Waals surface area contributed by atoms with Crippen LogP contribution in [-0.4, -0.2) is 11.1 Å². The Balaban J connectivity index is 2.27. The monoisotopic (exact) mass is 242 g/mol. The summed E-state index contributed by atoms with van der Waals surface area (Å²) >= 11 is 8.08. The quantitative estimate of drug-likeness (QED) is 0.506. The second-order valence-electron chi connectivity index (χ2n) is 3.86. The molecule has 0 aliphatic rings. The lowest BCUT2D eigenvalue weighted by molar-refractivity contribution is 0.712. The third-order valence-electron chi connectivity index (χ3n) is 2.32. The van der Waals surface area contributed by atoms with E-state index >= 15 is 0 Å². The Morgan fingerprint density at radius 3 is 2.53 bits per heavy atom. The van der Waals surface area contributed by atoms with Crippen molar-refractivity contribution >= 4 is 23.4 Å². The Morgan fingerprint density at radius 2 is 1.93 bits per heavy atom. The molecule has 15 heavy (non-hydrogen) atoms. The summed E-state index contributed by atoms with van der Waals surface area (Å²) in [6, 6.07) is 8.64. The number of aryl methyl sites for hydroxylation is 1. The zero-order valence-electron chi connectivity index (χ0n) is 9.50. The summed E-state index contributed by atoms with van der Waals surface area (Å²) in [7, 11) is 0. The van der Waals surface area contributed by atoms with Gasteiger partial charge in [0.1, 0.15) is 0 Å². The van der Waals surface area contributed by atoms with Crippen LogP contribution in [0.4, 0.5) is 0 Å². The molecule has 0 heterocycles. The third-order valence-corrected chi connectivity index (χ3v) is 4.05. The maximum Gasteiger partial charge on any atom is 0.0430 e. The first-order chi connectivity index (χ1) is 7.22. The van der Waals surface area contributed by atoms with E-state index in [-0.39, 0.29) is 0 Å². The normalized spacial score (nSPS) is 12.7. The molecule has 0 bridgehead atoms. The Morgan fingerprint density at radius 1 is 1.27 bits per heavy atom. The van der Waals surface area contributed by atoms with E-state index in [2.05, 4.69) is 38.1 Å². The fraction of sp³-hybridized carbons (Fsp3) is 0.538. The van der Waals surface area contributed by atoms with Crippen molar-refractivity contribution in [2.45, 2.75) is 43.4 Å². The summed E-state index contributed by atoms with van der Waals surface area (Å²) in [5.41, 5.74) is 1.31. The Hall–Kier alpha value is -0.140. The molecule has 1 rings (SSSR count). The molecule has 0 fully saturated rings. The number of thioether (sulfide) groups is 1. The van der Waals surface area contributed by atoms with E-state index in [4.69, 9.17) is 11.6 Å². The molecule has 2 heteroatoms. The van der Waals surface area contributed by atoms with Crippen LogP contribution in [-0.2, 0) is 0 Å². The van der Waals surface area contributed by atoms with Gasteiger partial charge in [-0.25, -0.2) is 0 Å². The van der Waals surface area contributed by atoms with Gasteiger partial charge in [-0.1, -0.05) is 37.5 Å². The molecular weight excluding hydrogens is 224 g/mol. The van der Waals surface area contributed by atoms with Crippen molar-refractivity contribution in [2.75, 3.05) is 5.75 Å². The largest absolute Gasteiger partial charge is 0.125 e. The Bertz CT molecular complexity index is 268. The molecule has 0 aromatic heterocycles. The van der Waals surface area contributed by atoms with Crippen LogP contribution in [0.15, 0.2) is 29.2 Å². The fourth-order valence-corrected chi connectivity index (χ4v) is 2.54. The Kier molecular flexibility index (Phi) is 6.19. The molecule has 0 aliphatic carbocycles. The predicted molar refractivity (Wildman–Crippen MR) is 71.1 cm³/mol. The van der Waals surface area contributed by atoms with Gasteiger partial charge in [-0.3, -0.25) is 0 Å². The first-order valence-electron chi connectivity index (χ1n) is 5.56. The van der Waals surface area contributed by atoms with Gasteiger partial charge in [0.2, 0.25) is 0 Å². The lowest BCUT2D eigenvalue weighted by Crippen LogP contribution is -2.01. The average Bonchev–Trinajstić information content (AvgIpc) is 2.25. The van der Waals surface area contributed by atoms with Crippen molar-refractivity contribution in [3.8, 4) is 0 Å². The highest BCUT2D eigenvalue weighted by atomic mass is 35.5. The van der Waals surface area contributed by atoms with Crippen molar-refractivity contribution in [3.63, 3.8) is 0 Å². The first kappa shape index (κ1) is 12.9. The molecule has 0 radical (unpaired) electrons. The van der Waals surface area contributed by atoms with E-state index in [0.29, 0.717) is 5.38 Å². The lowest BCUT2D eigenvalue weighted by Gasteiger charge is -2.08. The number of benzene rings is 1. The van der Waals surface area contributed by atoms with E-state index in [1.165, 1.54) is 23.3 Å². The van der Waals surface area contributed by atoms with Gasteiger partial charge in [0, 0.05) is 16.0 Å². The van der Waals surface area contributed by atoms with Crippen LogP contribution in [0.25, 0.3) is 0 Å². The maximum atomic E-state index is 6.22. The number of halogens is 1. The van der Waals surface area contributed by atoms with Gasteiger partial charge in [0.05, 0.1) is 0 Å². The minimum atomic E-state index is 0.316. The van der Waals surface area contributed by atoms with E-state index in [1.807, 2.05) is 11.8 Å². The molecule has 0 aliphatic heterocycles. The maximum absolute atomic E-state index is 6.22. The molecule has 1 unspecified atom stereocenters. The van der Waals surface area contributed by atoms with E-state index in [9.17, 15) is 0 Å². The molecule has 1 aromatic rings. The zero-order chi connectivity index (χ0) is 11.1. The zero-order valence-corrected chi connectivity index (χ0v) is 11.1. The van der Waals surface area contributed by atoms with Crippen molar-refractivity contribution in [2.24, 2.45) is 0 Å². The van der Waals surface area contributed by atoms with Gasteiger partial charge in [-0.15, -0.1) is 23.4 Å². The molecule has 0 saturated carbocycles. The topological polar surface area (TPSA) is 0 Å². The van der Waals surface area contributed by atoms with Crippen LogP contribution in [0.2, 0.25) is 0 Å². The summed E-state index contributed by atoms with van der Waals surface area (Å²) < 4.78 is 0. The molecular formula is C13H19ClS. The molecule has 0 saturated heterocycles. The minimum absolute atomic E-state index is 0.316. The summed E-state index contributed by atoms with van der Waals surface area (Å²) in [5, 5.41) is 0.316. The van der Waals surface area contributed by atoms with Gasteiger partial charge in [-0.05, 0) is 25.5 Å². The van der Waals surface area contributed by atoms with Crippen molar-refractivity contribution in [3.05, 3.63) is 29.8 Å². The van der Waals surface area contributed by atoms with Gasteiger partial charge >= 0.3 is 0 Å². The number of unbranched alkanes of at least 4 members (excludes halogenated alkanes) is 1. The van der Waals surface area contributed by atoms with Gasteiger partial charge in [0.15, 0.2) is 0 Å². The summed E-state index contributed by atoms with van der Waals surface area (Å²) in [6.07, 6.45) is 3.61. The smallest absolute Gasteiger partial charge is 0.0430 e. The van der Waals surface area contributed by atoms with Crippen LogP contribution in [0.1, 0.15) is 31.7 Å². The van der Waals surface area contributed by atoms with Crippen LogP contribution in [0.5, 0.6) is 0 Å². The van der Waals surface area contributed by atoms with Gasteiger partial charge < -0.3 is 0 Å². The first-order valence-corrected chi connectivity index (χ1v) is 6.98. The summed E-state index contributed by atoms with van der Waals surface area (Å²) in [4.78, 5) is 1.32. The standard InChI is InChI=1S/C13H19ClS/c1-3-4-5-12(14)10-15-13-8-6-11(2)7-9-13/h6-9,12H,3-5,10H2,1-2H3. The number of hydrogen-bond donors (Lipinski definition) is 0. The molecule has 84 valence electrons. The third kappa shape index (κ3) is 5.48. The lowest BCUT2D eigenvalue weighted by atomic mass is 10.2. The van der Waals surface area contributed by atoms with E-state index in [0.717, 1.165) is 12.2 Å². The molecule has 1 atom stereocenters. The predicted octanol–water partition coefficient (Wildman–Crippen LogP) is 4.88. The number of rotatable bonds is 6. The summed E-state index contributed by atoms with van der Waals surface area (Å²) in [5.74, 6) is 1.02. The average molecular weight is 243 g/mol. The van der Waals surface area contributed by atoms with Crippen LogP contribution < -0.4 is 0 Å². The van der Waals surface area contributed by atoms with E-state index in [1.54, 1.807) is 0 Å². The second-order valence-corrected chi connectivity index (χ2v) is 5.57. The fourth-order valence-electron chi connectivity index (χ4n) is 1.33. The number of alkyl halides is 1. The number of hydrogen-bond acceptors (Lipinski definition) is 1. The highest BCUT2D eigenvalue weighted by Crippen LogP contribution is 2.22. The van der Waals surface area contributed by atoms with Gasteiger partial charge in [0.25, 0.3) is 0 Å². The van der Waals surface area contributed by atoms with Crippen LogP contribution in [0.3, 0.4) is 0 Å². The van der Waals surface area contributed by atoms with Crippen molar-refractivity contribution in [1.29, 1.82) is 0 Å².